The highest BCUT2D eigenvalue weighted by atomic mass is 16.5. The minimum absolute atomic E-state index is 0.0306. The highest BCUT2D eigenvalue weighted by Crippen LogP contribution is 2.44. The second kappa shape index (κ2) is 6.62. The summed E-state index contributed by atoms with van der Waals surface area (Å²) in [6.07, 6.45) is -0.237. The van der Waals surface area contributed by atoms with Crippen LogP contribution in [0.5, 0.6) is 0 Å². The Hall–Kier alpha value is -2.66. The Morgan fingerprint density at radius 1 is 1.13 bits per heavy atom. The summed E-state index contributed by atoms with van der Waals surface area (Å²) in [7, 11) is 0. The van der Waals surface area contributed by atoms with Crippen LogP contribution in [0.15, 0.2) is 48.5 Å². The number of hydrogen-bond acceptors (Lipinski definition) is 4. The van der Waals surface area contributed by atoms with Crippen LogP contribution in [0, 0.1) is 0 Å². The topological polar surface area (TPSA) is 75.6 Å². The van der Waals surface area contributed by atoms with Crippen LogP contribution in [0.2, 0.25) is 0 Å². The summed E-state index contributed by atoms with van der Waals surface area (Å²) < 4.78 is 5.25. The van der Waals surface area contributed by atoms with Gasteiger partial charge in [-0.25, -0.2) is 4.79 Å². The maximum absolute atomic E-state index is 11.7. The lowest BCUT2D eigenvalue weighted by Gasteiger charge is -2.15. The number of nitrogens with one attached hydrogen (secondary N) is 1. The highest BCUT2D eigenvalue weighted by molar-refractivity contribution is 5.79. The van der Waals surface area contributed by atoms with Crippen LogP contribution in [0.3, 0.4) is 0 Å². The van der Waals surface area contributed by atoms with Crippen LogP contribution >= 0.6 is 0 Å². The second-order valence-electron chi connectivity index (χ2n) is 5.40. The molecule has 0 saturated carbocycles. The monoisotopic (exact) mass is 311 g/mol. The number of carbonyl (C=O) groups is 2. The van der Waals surface area contributed by atoms with Crippen molar-refractivity contribution in [3.05, 3.63) is 59.7 Å². The maximum atomic E-state index is 11.7. The molecule has 0 aromatic heterocycles. The van der Waals surface area contributed by atoms with Crippen molar-refractivity contribution in [2.45, 2.75) is 12.0 Å². The molecule has 0 aliphatic heterocycles. The normalized spacial score (nSPS) is 13.8. The molecule has 5 heteroatoms. The van der Waals surface area contributed by atoms with E-state index < -0.39 is 18.7 Å². The molecule has 2 aromatic rings. The van der Waals surface area contributed by atoms with Crippen molar-refractivity contribution in [3.8, 4) is 11.1 Å². The van der Waals surface area contributed by atoms with Crippen molar-refractivity contribution in [1.82, 2.24) is 5.32 Å². The zero-order valence-corrected chi connectivity index (χ0v) is 12.4. The predicted octanol–water partition coefficient (Wildman–Crippen LogP) is 2.08. The summed E-state index contributed by atoms with van der Waals surface area (Å²) in [4.78, 5) is 22.4. The van der Waals surface area contributed by atoms with E-state index >= 15 is 0 Å². The number of alkyl carbamates (subject to hydrolysis) is 1. The number of fused-ring (bicyclic) bond motifs is 3. The number of amides is 1. The van der Waals surface area contributed by atoms with Crippen molar-refractivity contribution in [2.24, 2.45) is 0 Å². The van der Waals surface area contributed by atoms with Gasteiger partial charge in [0.05, 0.1) is 6.61 Å². The van der Waals surface area contributed by atoms with Crippen LogP contribution in [0.25, 0.3) is 11.1 Å². The Balaban J connectivity index is 1.76. The van der Waals surface area contributed by atoms with Gasteiger partial charge in [0, 0.05) is 5.92 Å². The van der Waals surface area contributed by atoms with E-state index in [1.54, 1.807) is 0 Å². The first-order valence-corrected chi connectivity index (χ1v) is 7.42. The Kier molecular flexibility index (Phi) is 4.39. The Bertz CT molecular complexity index is 683. The van der Waals surface area contributed by atoms with E-state index in [-0.39, 0.29) is 12.5 Å². The fraction of sp³-hybridized carbons (Fsp3) is 0.222. The molecular weight excluding hydrogens is 294 g/mol. The third kappa shape index (κ3) is 2.96. The van der Waals surface area contributed by atoms with E-state index in [9.17, 15) is 9.59 Å². The molecule has 5 nitrogen and oxygen atoms in total. The van der Waals surface area contributed by atoms with Crippen molar-refractivity contribution < 1.29 is 19.4 Å². The van der Waals surface area contributed by atoms with Gasteiger partial charge in [-0.15, -0.1) is 0 Å². The molecule has 0 fully saturated rings. The maximum Gasteiger partial charge on any atom is 0.407 e. The van der Waals surface area contributed by atoms with Crippen molar-refractivity contribution in [2.75, 3.05) is 13.2 Å². The zero-order valence-electron chi connectivity index (χ0n) is 12.4. The summed E-state index contributed by atoms with van der Waals surface area (Å²) >= 11 is 0. The molecule has 1 aliphatic rings. The minimum atomic E-state index is -0.939. The van der Waals surface area contributed by atoms with Gasteiger partial charge in [-0.3, -0.25) is 0 Å². The van der Waals surface area contributed by atoms with Crippen LogP contribution in [-0.4, -0.2) is 36.7 Å². The van der Waals surface area contributed by atoms with Gasteiger partial charge >= 0.3 is 6.09 Å². The molecule has 1 atom stereocenters. The van der Waals surface area contributed by atoms with Crippen molar-refractivity contribution in [1.29, 1.82) is 0 Å². The van der Waals surface area contributed by atoms with Gasteiger partial charge in [0.25, 0.3) is 0 Å². The van der Waals surface area contributed by atoms with Gasteiger partial charge in [-0.1, -0.05) is 48.5 Å². The lowest BCUT2D eigenvalue weighted by atomic mass is 9.98. The Labute approximate surface area is 133 Å². The summed E-state index contributed by atoms with van der Waals surface area (Å²) in [5, 5.41) is 11.2. The number of aldehydes is 1. The molecule has 2 N–H and O–H groups in total. The van der Waals surface area contributed by atoms with Crippen molar-refractivity contribution in [3.63, 3.8) is 0 Å². The van der Waals surface area contributed by atoms with E-state index in [1.165, 1.54) is 0 Å². The van der Waals surface area contributed by atoms with Gasteiger partial charge < -0.3 is 20.0 Å². The molecule has 0 radical (unpaired) electrons. The zero-order chi connectivity index (χ0) is 16.2. The molecule has 3 rings (SSSR count). The SMILES string of the molecule is O=CC(CO)NC(=O)OCC1c2ccccc2-c2ccccc21. The number of aliphatic hydroxyl groups excluding tert-OH is 1. The second-order valence-corrected chi connectivity index (χ2v) is 5.40. The van der Waals surface area contributed by atoms with E-state index in [0.29, 0.717) is 6.29 Å². The van der Waals surface area contributed by atoms with Gasteiger partial charge in [0.15, 0.2) is 0 Å². The number of rotatable bonds is 5. The molecule has 1 aliphatic carbocycles. The molecular formula is C18H17NO4. The number of ether oxygens (including phenoxy) is 1. The number of hydrogen-bond donors (Lipinski definition) is 2. The van der Waals surface area contributed by atoms with Gasteiger partial charge in [-0.05, 0) is 22.3 Å². The third-order valence-electron chi connectivity index (χ3n) is 4.01. The smallest absolute Gasteiger partial charge is 0.407 e. The Morgan fingerprint density at radius 3 is 2.22 bits per heavy atom. The summed E-state index contributed by atoms with van der Waals surface area (Å²) in [6.45, 7) is -0.273. The predicted molar refractivity (Wildman–Crippen MR) is 85.1 cm³/mol. The summed E-state index contributed by atoms with van der Waals surface area (Å²) in [5.74, 6) is -0.0306. The van der Waals surface area contributed by atoms with Gasteiger partial charge in [-0.2, -0.15) is 0 Å². The lowest BCUT2D eigenvalue weighted by Crippen LogP contribution is -2.39. The standard InChI is InChI=1S/C18H17NO4/c20-9-12(10-21)19-18(22)23-11-17-15-7-3-1-5-13(15)14-6-2-4-8-16(14)17/h1-9,12,17,21H,10-11H2,(H,19,22). The van der Waals surface area contributed by atoms with E-state index in [2.05, 4.69) is 17.4 Å². The molecule has 1 unspecified atom stereocenters. The van der Waals surface area contributed by atoms with Gasteiger partial charge in [0.1, 0.15) is 18.9 Å². The van der Waals surface area contributed by atoms with E-state index in [4.69, 9.17) is 9.84 Å². The van der Waals surface area contributed by atoms with Gasteiger partial charge in [0.2, 0.25) is 0 Å². The van der Waals surface area contributed by atoms with E-state index in [0.717, 1.165) is 22.3 Å². The fourth-order valence-electron chi connectivity index (χ4n) is 2.91. The first-order chi connectivity index (χ1) is 11.2. The summed E-state index contributed by atoms with van der Waals surface area (Å²) in [6, 6.07) is 15.1. The first kappa shape index (κ1) is 15.2. The molecule has 23 heavy (non-hydrogen) atoms. The number of carbonyl (C=O) groups excluding carboxylic acids is 2. The quantitative estimate of drug-likeness (QED) is 0.829. The lowest BCUT2D eigenvalue weighted by molar-refractivity contribution is -0.110. The summed E-state index contributed by atoms with van der Waals surface area (Å²) in [5.41, 5.74) is 4.54. The molecule has 1 amide bonds. The number of aliphatic hydroxyl groups is 1. The molecule has 0 heterocycles. The van der Waals surface area contributed by atoms with E-state index in [1.807, 2.05) is 36.4 Å². The van der Waals surface area contributed by atoms with Crippen LogP contribution in [0.4, 0.5) is 4.79 Å². The van der Waals surface area contributed by atoms with Crippen LogP contribution < -0.4 is 5.32 Å². The largest absolute Gasteiger partial charge is 0.449 e. The highest BCUT2D eigenvalue weighted by Gasteiger charge is 2.29. The molecule has 2 aromatic carbocycles. The van der Waals surface area contributed by atoms with Crippen molar-refractivity contribution >= 4 is 12.4 Å². The average Bonchev–Trinajstić information content (AvgIpc) is 2.92. The molecule has 0 saturated heterocycles. The third-order valence-corrected chi connectivity index (χ3v) is 4.01. The molecule has 0 bridgehead atoms. The Morgan fingerprint density at radius 2 is 1.70 bits per heavy atom. The molecule has 0 spiro atoms. The first-order valence-electron chi connectivity index (χ1n) is 7.42. The number of benzene rings is 2. The van der Waals surface area contributed by atoms with Crippen LogP contribution in [0.1, 0.15) is 17.0 Å². The minimum Gasteiger partial charge on any atom is -0.449 e. The molecule has 118 valence electrons. The fourth-order valence-corrected chi connectivity index (χ4v) is 2.91. The average molecular weight is 311 g/mol. The van der Waals surface area contributed by atoms with Crippen LogP contribution in [-0.2, 0) is 9.53 Å².